The number of hydrogen-bond acceptors (Lipinski definition) is 3. The van der Waals surface area contributed by atoms with Gasteiger partial charge in [-0.3, -0.25) is 9.48 Å². The predicted molar refractivity (Wildman–Crippen MR) is 88.6 cm³/mol. The zero-order valence-electron chi connectivity index (χ0n) is 15.0. The highest BCUT2D eigenvalue weighted by Gasteiger charge is 2.23. The van der Waals surface area contributed by atoms with Crippen LogP contribution in [-0.2, 0) is 13.1 Å². The number of aryl methyl sites for hydroxylation is 1. The van der Waals surface area contributed by atoms with Crippen molar-refractivity contribution in [1.82, 2.24) is 19.6 Å². The Balaban J connectivity index is 0.000000921. The molecule has 0 saturated heterocycles. The van der Waals surface area contributed by atoms with E-state index < -0.39 is 0 Å². The van der Waals surface area contributed by atoms with Crippen molar-refractivity contribution in [1.29, 1.82) is 0 Å². The third-order valence-corrected chi connectivity index (χ3v) is 3.26. The lowest BCUT2D eigenvalue weighted by molar-refractivity contribution is 0.0820. The summed E-state index contributed by atoms with van der Waals surface area (Å²) in [5.74, 6) is -0.00859. The van der Waals surface area contributed by atoms with Crippen molar-refractivity contribution < 1.29 is 4.79 Å². The first-order chi connectivity index (χ1) is 10.0. The Morgan fingerprint density at radius 1 is 1.14 bits per heavy atom. The van der Waals surface area contributed by atoms with Gasteiger partial charge in [-0.2, -0.15) is 5.10 Å². The van der Waals surface area contributed by atoms with E-state index in [0.717, 1.165) is 31.6 Å². The largest absolute Gasteiger partial charge is 0.343 e. The lowest BCUT2D eigenvalue weighted by Gasteiger charge is -2.12. The molecule has 1 amide bonds. The van der Waals surface area contributed by atoms with E-state index in [0.29, 0.717) is 5.69 Å². The molecule has 1 aromatic rings. The van der Waals surface area contributed by atoms with Crippen LogP contribution in [0.3, 0.4) is 0 Å². The smallest absolute Gasteiger partial charge is 0.274 e. The van der Waals surface area contributed by atoms with Gasteiger partial charge in [0.05, 0.1) is 5.69 Å². The molecule has 0 bridgehead atoms. The van der Waals surface area contributed by atoms with Crippen molar-refractivity contribution in [2.24, 2.45) is 0 Å². The van der Waals surface area contributed by atoms with Crippen LogP contribution in [0.25, 0.3) is 0 Å². The number of rotatable bonds is 1. The van der Waals surface area contributed by atoms with E-state index in [4.69, 9.17) is 0 Å². The second-order valence-corrected chi connectivity index (χ2v) is 4.93. The number of hydrogen-bond donors (Lipinski definition) is 0. The van der Waals surface area contributed by atoms with Crippen molar-refractivity contribution in [2.75, 3.05) is 27.7 Å². The quantitative estimate of drug-likeness (QED) is 0.800. The summed E-state index contributed by atoms with van der Waals surface area (Å²) in [6.45, 7) is 12.9. The summed E-state index contributed by atoms with van der Waals surface area (Å²) < 4.78 is 2.00. The lowest BCUT2D eigenvalue weighted by atomic mass is 10.2. The first-order valence-electron chi connectivity index (χ1n) is 7.97. The van der Waals surface area contributed by atoms with Crippen LogP contribution in [0, 0.1) is 6.92 Å². The van der Waals surface area contributed by atoms with Gasteiger partial charge in [0.15, 0.2) is 5.69 Å². The van der Waals surface area contributed by atoms with Gasteiger partial charge < -0.3 is 9.80 Å². The number of carbonyl (C=O) groups is 1. The molecule has 0 radical (unpaired) electrons. The van der Waals surface area contributed by atoms with Gasteiger partial charge in [0, 0.05) is 39.3 Å². The Labute approximate surface area is 129 Å². The molecule has 0 spiro atoms. The number of fused-ring (bicyclic) bond motifs is 1. The second kappa shape index (κ2) is 9.55. The van der Waals surface area contributed by atoms with Crippen molar-refractivity contribution in [3.8, 4) is 0 Å². The molecule has 1 aliphatic heterocycles. The normalized spacial score (nSPS) is 13.9. The first kappa shape index (κ1) is 19.6. The molecular formula is C16H32N4O. The molecule has 5 heteroatoms. The van der Waals surface area contributed by atoms with Crippen molar-refractivity contribution in [3.63, 3.8) is 0 Å². The number of aromatic nitrogens is 2. The maximum Gasteiger partial charge on any atom is 0.274 e. The van der Waals surface area contributed by atoms with Crippen LogP contribution < -0.4 is 0 Å². The van der Waals surface area contributed by atoms with E-state index in [-0.39, 0.29) is 5.91 Å². The molecule has 1 aromatic heterocycles. The standard InChI is InChI=1S/C12H20N4O.2C2H6/c1-9-10-8-15(4)6-5-7-16(10)13-11(9)12(17)14(2)3;2*1-2/h5-8H2,1-4H3;2*1-2H3. The SMILES string of the molecule is CC.CC.Cc1c(C(=O)N(C)C)nn2c1CN(C)CCC2. The fourth-order valence-corrected chi connectivity index (χ4v) is 2.21. The molecule has 5 nitrogen and oxygen atoms in total. The van der Waals surface area contributed by atoms with Gasteiger partial charge >= 0.3 is 0 Å². The monoisotopic (exact) mass is 296 g/mol. The van der Waals surface area contributed by atoms with E-state index >= 15 is 0 Å². The second-order valence-electron chi connectivity index (χ2n) is 4.93. The molecule has 1 aliphatic rings. The Kier molecular flexibility index (Phi) is 8.93. The highest BCUT2D eigenvalue weighted by atomic mass is 16.2. The zero-order valence-corrected chi connectivity index (χ0v) is 15.0. The molecular weight excluding hydrogens is 264 g/mol. The van der Waals surface area contributed by atoms with Gasteiger partial charge in [-0.05, 0) is 20.4 Å². The Morgan fingerprint density at radius 2 is 1.71 bits per heavy atom. The number of nitrogens with zero attached hydrogens (tertiary/aromatic N) is 4. The van der Waals surface area contributed by atoms with Crippen LogP contribution in [-0.4, -0.2) is 53.2 Å². The van der Waals surface area contributed by atoms with Crippen molar-refractivity contribution >= 4 is 5.91 Å². The molecule has 0 saturated carbocycles. The average Bonchev–Trinajstić information content (AvgIpc) is 2.68. The maximum atomic E-state index is 12.0. The third-order valence-electron chi connectivity index (χ3n) is 3.26. The van der Waals surface area contributed by atoms with Gasteiger partial charge in [-0.1, -0.05) is 27.7 Å². The average molecular weight is 296 g/mol. The minimum atomic E-state index is -0.00859. The summed E-state index contributed by atoms with van der Waals surface area (Å²) in [5, 5.41) is 4.46. The zero-order chi connectivity index (χ0) is 16.6. The highest BCUT2D eigenvalue weighted by Crippen LogP contribution is 2.19. The Hall–Kier alpha value is -1.36. The van der Waals surface area contributed by atoms with Gasteiger partial charge in [0.25, 0.3) is 5.91 Å². The maximum absolute atomic E-state index is 12.0. The number of amides is 1. The molecule has 2 heterocycles. The lowest BCUT2D eigenvalue weighted by Crippen LogP contribution is -2.23. The molecule has 2 rings (SSSR count). The summed E-state index contributed by atoms with van der Waals surface area (Å²) in [7, 11) is 5.63. The summed E-state index contributed by atoms with van der Waals surface area (Å²) in [6.07, 6.45) is 1.08. The molecule has 0 atom stereocenters. The summed E-state index contributed by atoms with van der Waals surface area (Å²) in [6, 6.07) is 0. The minimum Gasteiger partial charge on any atom is -0.343 e. The van der Waals surface area contributed by atoms with Crippen LogP contribution in [0.5, 0.6) is 0 Å². The molecule has 21 heavy (non-hydrogen) atoms. The summed E-state index contributed by atoms with van der Waals surface area (Å²) in [5.41, 5.74) is 2.80. The highest BCUT2D eigenvalue weighted by molar-refractivity contribution is 5.93. The van der Waals surface area contributed by atoms with Crippen LogP contribution in [0.15, 0.2) is 0 Å². The van der Waals surface area contributed by atoms with Gasteiger partial charge in [-0.25, -0.2) is 0 Å². The topological polar surface area (TPSA) is 41.4 Å². The minimum absolute atomic E-state index is 0.00859. The van der Waals surface area contributed by atoms with Gasteiger partial charge in [0.1, 0.15) is 0 Å². The van der Waals surface area contributed by atoms with E-state index in [1.807, 2.05) is 39.3 Å². The van der Waals surface area contributed by atoms with Crippen LogP contribution in [0.2, 0.25) is 0 Å². The first-order valence-corrected chi connectivity index (χ1v) is 7.97. The van der Waals surface area contributed by atoms with E-state index in [2.05, 4.69) is 17.0 Å². The molecule has 122 valence electrons. The van der Waals surface area contributed by atoms with E-state index in [9.17, 15) is 4.79 Å². The Morgan fingerprint density at radius 3 is 2.24 bits per heavy atom. The van der Waals surface area contributed by atoms with Gasteiger partial charge in [0.2, 0.25) is 0 Å². The van der Waals surface area contributed by atoms with Crippen LogP contribution in [0.4, 0.5) is 0 Å². The van der Waals surface area contributed by atoms with Crippen molar-refractivity contribution in [2.45, 2.75) is 54.1 Å². The molecule has 0 fully saturated rings. The van der Waals surface area contributed by atoms with E-state index in [1.54, 1.807) is 19.0 Å². The molecule has 0 aliphatic carbocycles. The summed E-state index contributed by atoms with van der Waals surface area (Å²) in [4.78, 5) is 15.8. The molecule has 0 aromatic carbocycles. The molecule has 0 unspecified atom stereocenters. The van der Waals surface area contributed by atoms with Crippen LogP contribution >= 0.6 is 0 Å². The van der Waals surface area contributed by atoms with E-state index in [1.165, 1.54) is 5.69 Å². The predicted octanol–water partition coefficient (Wildman–Crippen LogP) is 2.78. The summed E-state index contributed by atoms with van der Waals surface area (Å²) >= 11 is 0. The Bertz CT molecular complexity index is 438. The third kappa shape index (κ3) is 4.84. The van der Waals surface area contributed by atoms with Crippen molar-refractivity contribution in [3.05, 3.63) is 17.0 Å². The van der Waals surface area contributed by atoms with Gasteiger partial charge in [-0.15, -0.1) is 0 Å². The molecule has 0 N–H and O–H groups in total. The fraction of sp³-hybridized carbons (Fsp3) is 0.750. The fourth-order valence-electron chi connectivity index (χ4n) is 2.21. The number of carbonyl (C=O) groups excluding carboxylic acids is 1. The van der Waals surface area contributed by atoms with Crippen LogP contribution in [0.1, 0.15) is 55.9 Å².